The van der Waals surface area contributed by atoms with E-state index in [4.69, 9.17) is 9.94 Å². The zero-order valence-electron chi connectivity index (χ0n) is 9.95. The summed E-state index contributed by atoms with van der Waals surface area (Å²) in [6.45, 7) is 2.97. The van der Waals surface area contributed by atoms with Gasteiger partial charge in [0.1, 0.15) is 0 Å². The second-order valence-electron chi connectivity index (χ2n) is 4.14. The third-order valence-corrected chi connectivity index (χ3v) is 2.77. The number of nitrogens with zero attached hydrogens (tertiary/aromatic N) is 1. The average Bonchev–Trinajstić information content (AvgIpc) is 2.78. The molecule has 0 heterocycles. The van der Waals surface area contributed by atoms with Crippen molar-refractivity contribution in [3.63, 3.8) is 0 Å². The number of carbonyl (C=O) groups is 1. The molecule has 0 unspecified atom stereocenters. The summed E-state index contributed by atoms with van der Waals surface area (Å²) < 4.78 is 0. The lowest BCUT2D eigenvalue weighted by Gasteiger charge is -2.22. The van der Waals surface area contributed by atoms with Gasteiger partial charge in [-0.05, 0) is 19.3 Å². The fourth-order valence-corrected chi connectivity index (χ4v) is 1.91. The van der Waals surface area contributed by atoms with Crippen LogP contribution in [0.1, 0.15) is 39.0 Å². The van der Waals surface area contributed by atoms with E-state index in [0.717, 1.165) is 19.3 Å². The lowest BCUT2D eigenvalue weighted by atomic mass is 10.3. The van der Waals surface area contributed by atoms with Crippen molar-refractivity contribution >= 4 is 6.03 Å². The Labute approximate surface area is 96.7 Å². The van der Waals surface area contributed by atoms with Crippen molar-refractivity contribution in [2.75, 3.05) is 19.7 Å². The Hall–Kier alpha value is -0.810. The standard InChI is InChI=1S/C11H22N2O3/c1-2-7-13(8-9-14)11(15)12-16-10-5-3-4-6-10/h10,14H,2-9H2,1H3,(H,12,15). The van der Waals surface area contributed by atoms with Crippen LogP contribution in [0.4, 0.5) is 4.79 Å². The Bertz CT molecular complexity index is 199. The molecule has 0 bridgehead atoms. The van der Waals surface area contributed by atoms with Crippen LogP contribution in [0.15, 0.2) is 0 Å². The number of urea groups is 1. The molecule has 1 rings (SSSR count). The van der Waals surface area contributed by atoms with E-state index in [1.54, 1.807) is 4.90 Å². The molecule has 0 saturated heterocycles. The van der Waals surface area contributed by atoms with Gasteiger partial charge in [-0.1, -0.05) is 19.8 Å². The van der Waals surface area contributed by atoms with E-state index < -0.39 is 0 Å². The average molecular weight is 230 g/mol. The van der Waals surface area contributed by atoms with Crippen molar-refractivity contribution in [2.45, 2.75) is 45.1 Å². The van der Waals surface area contributed by atoms with Crippen LogP contribution in [-0.2, 0) is 4.84 Å². The van der Waals surface area contributed by atoms with Crippen LogP contribution in [0.3, 0.4) is 0 Å². The van der Waals surface area contributed by atoms with Crippen molar-refractivity contribution in [1.29, 1.82) is 0 Å². The maximum absolute atomic E-state index is 11.7. The van der Waals surface area contributed by atoms with Crippen LogP contribution in [0.2, 0.25) is 0 Å². The number of aliphatic hydroxyl groups is 1. The lowest BCUT2D eigenvalue weighted by Crippen LogP contribution is -2.43. The van der Waals surface area contributed by atoms with Gasteiger partial charge in [-0.15, -0.1) is 0 Å². The second-order valence-corrected chi connectivity index (χ2v) is 4.14. The third kappa shape index (κ3) is 4.37. The first-order chi connectivity index (χ1) is 7.77. The van der Waals surface area contributed by atoms with Crippen molar-refractivity contribution in [1.82, 2.24) is 10.4 Å². The molecule has 1 saturated carbocycles. The Morgan fingerprint density at radius 1 is 1.44 bits per heavy atom. The molecule has 0 atom stereocenters. The van der Waals surface area contributed by atoms with E-state index in [9.17, 15) is 4.79 Å². The lowest BCUT2D eigenvalue weighted by molar-refractivity contribution is -0.00883. The number of aliphatic hydroxyl groups excluding tert-OH is 1. The highest BCUT2D eigenvalue weighted by Gasteiger charge is 2.18. The molecule has 5 nitrogen and oxygen atoms in total. The van der Waals surface area contributed by atoms with Crippen molar-refractivity contribution in [2.24, 2.45) is 0 Å². The minimum Gasteiger partial charge on any atom is -0.395 e. The molecule has 0 aromatic rings. The molecular formula is C11H22N2O3. The SMILES string of the molecule is CCCN(CCO)C(=O)NOC1CCCC1. The summed E-state index contributed by atoms with van der Waals surface area (Å²) in [6.07, 6.45) is 5.44. The molecule has 94 valence electrons. The molecule has 0 spiro atoms. The van der Waals surface area contributed by atoms with Crippen LogP contribution in [0, 0.1) is 0 Å². The number of rotatable bonds is 6. The summed E-state index contributed by atoms with van der Waals surface area (Å²) in [6, 6.07) is -0.247. The summed E-state index contributed by atoms with van der Waals surface area (Å²) in [5.41, 5.74) is 2.47. The molecule has 1 aliphatic rings. The van der Waals surface area contributed by atoms with Gasteiger partial charge in [0.25, 0.3) is 0 Å². The van der Waals surface area contributed by atoms with E-state index in [-0.39, 0.29) is 18.7 Å². The van der Waals surface area contributed by atoms with Gasteiger partial charge in [0.15, 0.2) is 0 Å². The van der Waals surface area contributed by atoms with Crippen LogP contribution in [0.5, 0.6) is 0 Å². The number of hydroxylamine groups is 1. The molecule has 0 aliphatic heterocycles. The van der Waals surface area contributed by atoms with Gasteiger partial charge in [0.05, 0.1) is 12.7 Å². The highest BCUT2D eigenvalue weighted by Crippen LogP contribution is 2.19. The quantitative estimate of drug-likeness (QED) is 0.676. The molecule has 16 heavy (non-hydrogen) atoms. The largest absolute Gasteiger partial charge is 0.395 e. The number of amides is 2. The molecule has 1 aliphatic carbocycles. The Morgan fingerprint density at radius 2 is 2.12 bits per heavy atom. The molecule has 2 amide bonds. The predicted octanol–water partition coefficient (Wildman–Crippen LogP) is 1.27. The van der Waals surface area contributed by atoms with E-state index in [1.165, 1.54) is 12.8 Å². The molecule has 0 aromatic heterocycles. The van der Waals surface area contributed by atoms with E-state index in [2.05, 4.69) is 5.48 Å². The van der Waals surface area contributed by atoms with E-state index in [1.807, 2.05) is 6.92 Å². The zero-order valence-corrected chi connectivity index (χ0v) is 9.95. The van der Waals surface area contributed by atoms with Gasteiger partial charge in [-0.25, -0.2) is 10.3 Å². The second kappa shape index (κ2) is 7.46. The van der Waals surface area contributed by atoms with Gasteiger partial charge in [-0.2, -0.15) is 0 Å². The molecule has 0 aromatic carbocycles. The van der Waals surface area contributed by atoms with Crippen LogP contribution in [0.25, 0.3) is 0 Å². The van der Waals surface area contributed by atoms with Gasteiger partial charge in [0, 0.05) is 13.1 Å². The van der Waals surface area contributed by atoms with Crippen LogP contribution < -0.4 is 5.48 Å². The molecule has 1 fully saturated rings. The van der Waals surface area contributed by atoms with Crippen molar-refractivity contribution < 1.29 is 14.7 Å². The van der Waals surface area contributed by atoms with E-state index in [0.29, 0.717) is 13.1 Å². The van der Waals surface area contributed by atoms with E-state index >= 15 is 0 Å². The third-order valence-electron chi connectivity index (χ3n) is 2.77. The Morgan fingerprint density at radius 3 is 2.69 bits per heavy atom. The first kappa shape index (κ1) is 13.3. The first-order valence-corrected chi connectivity index (χ1v) is 6.09. The Kier molecular flexibility index (Phi) is 6.18. The topological polar surface area (TPSA) is 61.8 Å². The molecule has 5 heteroatoms. The maximum atomic E-state index is 11.7. The molecular weight excluding hydrogens is 208 g/mol. The van der Waals surface area contributed by atoms with Crippen LogP contribution >= 0.6 is 0 Å². The first-order valence-electron chi connectivity index (χ1n) is 6.09. The van der Waals surface area contributed by atoms with Gasteiger partial charge < -0.3 is 10.0 Å². The highest BCUT2D eigenvalue weighted by atomic mass is 16.7. The zero-order chi connectivity index (χ0) is 11.8. The summed E-state index contributed by atoms with van der Waals surface area (Å²) in [7, 11) is 0. The highest BCUT2D eigenvalue weighted by molar-refractivity contribution is 5.72. The monoisotopic (exact) mass is 230 g/mol. The minimum absolute atomic E-state index is 0.0170. The van der Waals surface area contributed by atoms with Gasteiger partial charge >= 0.3 is 6.03 Å². The molecule has 2 N–H and O–H groups in total. The maximum Gasteiger partial charge on any atom is 0.341 e. The number of carbonyl (C=O) groups excluding carboxylic acids is 1. The Balaban J connectivity index is 2.24. The van der Waals surface area contributed by atoms with Gasteiger partial charge in [0.2, 0.25) is 0 Å². The summed E-state index contributed by atoms with van der Waals surface area (Å²) >= 11 is 0. The van der Waals surface area contributed by atoms with Gasteiger partial charge in [-0.3, -0.25) is 4.84 Å². The summed E-state index contributed by atoms with van der Waals surface area (Å²) in [5, 5.41) is 8.83. The predicted molar refractivity (Wildman–Crippen MR) is 60.8 cm³/mol. The fourth-order valence-electron chi connectivity index (χ4n) is 1.91. The number of hydrogen-bond acceptors (Lipinski definition) is 3. The number of nitrogens with one attached hydrogen (secondary N) is 1. The summed E-state index contributed by atoms with van der Waals surface area (Å²) in [5.74, 6) is 0. The van der Waals surface area contributed by atoms with Crippen molar-refractivity contribution in [3.8, 4) is 0 Å². The fraction of sp³-hybridized carbons (Fsp3) is 0.909. The van der Waals surface area contributed by atoms with Crippen LogP contribution in [-0.4, -0.2) is 41.8 Å². The smallest absolute Gasteiger partial charge is 0.341 e. The normalized spacial score (nSPS) is 16.4. The molecule has 0 radical (unpaired) electrons. The minimum atomic E-state index is -0.247. The summed E-state index contributed by atoms with van der Waals surface area (Å²) in [4.78, 5) is 18.5. The number of hydrogen-bond donors (Lipinski definition) is 2. The van der Waals surface area contributed by atoms with Crippen molar-refractivity contribution in [3.05, 3.63) is 0 Å².